The molecule has 9 nitrogen and oxygen atoms in total. The molecule has 0 fully saturated rings. The molecule has 2 aromatic heterocycles. The topological polar surface area (TPSA) is 119 Å². The average Bonchev–Trinajstić information content (AvgIpc) is 3.47. The van der Waals surface area contributed by atoms with Gasteiger partial charge in [-0.1, -0.05) is 60.6 Å². The van der Waals surface area contributed by atoms with Gasteiger partial charge in [0, 0.05) is 31.1 Å². The molecule has 0 saturated heterocycles. The van der Waals surface area contributed by atoms with Crippen molar-refractivity contribution in [3.05, 3.63) is 94.9 Å². The lowest BCUT2D eigenvalue weighted by molar-refractivity contribution is 0.0964. The molecular weight excluding hydrogens is 514 g/mol. The Labute approximate surface area is 226 Å². The number of fused-ring (bicyclic) bond motifs is 1. The summed E-state index contributed by atoms with van der Waals surface area (Å²) in [5, 5.41) is 6.55. The molecule has 0 bridgehead atoms. The van der Waals surface area contributed by atoms with Crippen LogP contribution in [0.4, 0.5) is 5.88 Å². The summed E-state index contributed by atoms with van der Waals surface area (Å²) < 4.78 is 36.4. The van der Waals surface area contributed by atoms with Crippen molar-refractivity contribution in [3.63, 3.8) is 0 Å². The number of amides is 1. The van der Waals surface area contributed by atoms with E-state index in [0.29, 0.717) is 35.3 Å². The molecule has 1 amide bonds. The van der Waals surface area contributed by atoms with E-state index in [4.69, 9.17) is 9.51 Å². The van der Waals surface area contributed by atoms with Crippen LogP contribution in [-0.2, 0) is 23.0 Å². The highest BCUT2D eigenvalue weighted by molar-refractivity contribution is 7.92. The first kappa shape index (κ1) is 26.2. The summed E-state index contributed by atoms with van der Waals surface area (Å²) in [6.07, 6.45) is 0.711. The van der Waals surface area contributed by atoms with Crippen LogP contribution in [0.2, 0.25) is 0 Å². The molecule has 0 spiro atoms. The van der Waals surface area contributed by atoms with Gasteiger partial charge in [0.05, 0.1) is 27.2 Å². The molecule has 0 radical (unpaired) electrons. The predicted molar refractivity (Wildman–Crippen MR) is 150 cm³/mol. The second-order valence-electron chi connectivity index (χ2n) is 9.24. The van der Waals surface area contributed by atoms with E-state index < -0.39 is 10.0 Å². The van der Waals surface area contributed by atoms with Crippen molar-refractivity contribution in [1.82, 2.24) is 20.0 Å². The maximum absolute atomic E-state index is 13.3. The number of aromatic nitrogens is 3. The number of aryl methyl sites for hydroxylation is 2. The van der Waals surface area contributed by atoms with Gasteiger partial charge in [-0.25, -0.2) is 18.1 Å². The van der Waals surface area contributed by atoms with Crippen LogP contribution in [0.1, 0.15) is 39.9 Å². The number of carbonyl (C=O) groups is 1. The van der Waals surface area contributed by atoms with Crippen molar-refractivity contribution in [3.8, 4) is 11.1 Å². The summed E-state index contributed by atoms with van der Waals surface area (Å²) in [5.41, 5.74) is 5.70. The molecule has 10 heteroatoms. The van der Waals surface area contributed by atoms with E-state index in [1.54, 1.807) is 51.2 Å². The van der Waals surface area contributed by atoms with E-state index in [1.807, 2.05) is 43.3 Å². The van der Waals surface area contributed by atoms with Gasteiger partial charge < -0.3 is 14.4 Å². The maximum atomic E-state index is 13.3. The normalized spacial score (nSPS) is 11.6. The number of nitrogens with zero attached hydrogens (tertiary/aromatic N) is 3. The number of para-hydroxylation sites is 1. The van der Waals surface area contributed by atoms with Gasteiger partial charge in [0.2, 0.25) is 5.88 Å². The van der Waals surface area contributed by atoms with Gasteiger partial charge in [0.15, 0.2) is 0 Å². The number of carbonyl (C=O) groups excluding carboxylic acids is 1. The van der Waals surface area contributed by atoms with Crippen molar-refractivity contribution in [1.29, 1.82) is 0 Å². The van der Waals surface area contributed by atoms with Gasteiger partial charge in [-0.2, -0.15) is 0 Å². The number of nitrogens with one attached hydrogen (secondary N) is 2. The van der Waals surface area contributed by atoms with Crippen LogP contribution < -0.4 is 10.0 Å². The van der Waals surface area contributed by atoms with Crippen LogP contribution in [0.3, 0.4) is 0 Å². The third kappa shape index (κ3) is 4.90. The van der Waals surface area contributed by atoms with Gasteiger partial charge in [-0.15, -0.1) is 0 Å². The second kappa shape index (κ2) is 10.4. The molecule has 5 rings (SSSR count). The number of benzene rings is 3. The fourth-order valence-corrected chi connectivity index (χ4v) is 5.87. The van der Waals surface area contributed by atoms with Gasteiger partial charge in [-0.3, -0.25) is 4.79 Å². The number of hydrogen-bond acceptors (Lipinski definition) is 6. The van der Waals surface area contributed by atoms with Gasteiger partial charge in [-0.05, 0) is 43.2 Å². The van der Waals surface area contributed by atoms with E-state index in [-0.39, 0.29) is 16.7 Å². The van der Waals surface area contributed by atoms with Crippen molar-refractivity contribution in [2.45, 2.75) is 38.6 Å². The predicted octanol–water partition coefficient (Wildman–Crippen LogP) is 5.08. The zero-order valence-corrected chi connectivity index (χ0v) is 23.0. The number of hydrogen-bond donors (Lipinski definition) is 2. The Bertz CT molecular complexity index is 1790. The van der Waals surface area contributed by atoms with E-state index in [9.17, 15) is 13.2 Å². The Morgan fingerprint density at radius 1 is 1.00 bits per heavy atom. The minimum atomic E-state index is -3.94. The molecule has 0 unspecified atom stereocenters. The van der Waals surface area contributed by atoms with Crippen molar-refractivity contribution in [2.75, 3.05) is 11.8 Å². The first-order valence-electron chi connectivity index (χ1n) is 12.6. The largest absolute Gasteiger partial charge is 0.355 e. The number of anilines is 1. The van der Waals surface area contributed by atoms with Crippen LogP contribution >= 0.6 is 0 Å². The lowest BCUT2D eigenvalue weighted by atomic mass is 10.0. The van der Waals surface area contributed by atoms with E-state index in [0.717, 1.165) is 28.0 Å². The van der Waals surface area contributed by atoms with Crippen LogP contribution in [-0.4, -0.2) is 36.1 Å². The Morgan fingerprint density at radius 3 is 2.41 bits per heavy atom. The smallest absolute Gasteiger partial charge is 0.264 e. The van der Waals surface area contributed by atoms with Crippen LogP contribution in [0.25, 0.3) is 22.2 Å². The Kier molecular flexibility index (Phi) is 6.96. The summed E-state index contributed by atoms with van der Waals surface area (Å²) >= 11 is 0. The molecule has 0 aliphatic carbocycles. The zero-order valence-electron chi connectivity index (χ0n) is 22.1. The number of rotatable bonds is 8. The second-order valence-corrected chi connectivity index (χ2v) is 10.9. The number of sulfonamides is 1. The fourth-order valence-electron chi connectivity index (χ4n) is 4.59. The molecular formula is C29H29N5O4S. The maximum Gasteiger partial charge on any atom is 0.264 e. The lowest BCUT2D eigenvalue weighted by Crippen LogP contribution is -2.19. The van der Waals surface area contributed by atoms with Crippen LogP contribution in [0.15, 0.2) is 76.1 Å². The molecule has 3 aromatic carbocycles. The third-order valence-corrected chi connectivity index (χ3v) is 8.19. The highest BCUT2D eigenvalue weighted by Gasteiger charge is 2.23. The first-order valence-corrected chi connectivity index (χ1v) is 14.1. The third-order valence-electron chi connectivity index (χ3n) is 6.80. The van der Waals surface area contributed by atoms with E-state index in [2.05, 4.69) is 19.8 Å². The zero-order chi connectivity index (χ0) is 27.7. The minimum Gasteiger partial charge on any atom is -0.355 e. The van der Waals surface area contributed by atoms with Gasteiger partial charge >= 0.3 is 0 Å². The summed E-state index contributed by atoms with van der Waals surface area (Å²) in [5.74, 6) is 0.820. The van der Waals surface area contributed by atoms with Crippen molar-refractivity contribution < 1.29 is 17.7 Å². The quantitative estimate of drug-likeness (QED) is 0.282. The minimum absolute atomic E-state index is 0.105. The molecule has 2 N–H and O–H groups in total. The number of imidazole rings is 1. The first-order chi connectivity index (χ1) is 18.7. The molecule has 5 aromatic rings. The fraction of sp³-hybridized carbons (Fsp3) is 0.207. The molecule has 200 valence electrons. The summed E-state index contributed by atoms with van der Waals surface area (Å²) in [6, 6.07) is 20.1. The Morgan fingerprint density at radius 2 is 1.74 bits per heavy atom. The highest BCUT2D eigenvalue weighted by Crippen LogP contribution is 2.31. The summed E-state index contributed by atoms with van der Waals surface area (Å²) in [6.45, 7) is 6.05. The van der Waals surface area contributed by atoms with Gasteiger partial charge in [0.1, 0.15) is 5.82 Å². The Balaban J connectivity index is 1.48. The SMILES string of the molecule is CCc1nc2cccc(C(=O)NC)c2n1Cc1ccc(-c2ccccc2S(=O)(=O)Nc2onc(C)c2C)cc1. The summed E-state index contributed by atoms with van der Waals surface area (Å²) in [7, 11) is -2.32. The van der Waals surface area contributed by atoms with Gasteiger partial charge in [0.25, 0.3) is 15.9 Å². The van der Waals surface area contributed by atoms with Crippen LogP contribution in [0.5, 0.6) is 0 Å². The lowest BCUT2D eigenvalue weighted by Gasteiger charge is -2.13. The molecule has 2 heterocycles. The van der Waals surface area contributed by atoms with Crippen molar-refractivity contribution in [2.24, 2.45) is 0 Å². The van der Waals surface area contributed by atoms with Crippen LogP contribution in [0, 0.1) is 13.8 Å². The highest BCUT2D eigenvalue weighted by atomic mass is 32.2. The summed E-state index contributed by atoms with van der Waals surface area (Å²) in [4.78, 5) is 17.4. The van der Waals surface area contributed by atoms with E-state index in [1.165, 1.54) is 0 Å². The molecule has 0 aliphatic rings. The molecule has 0 atom stereocenters. The van der Waals surface area contributed by atoms with E-state index >= 15 is 0 Å². The Hall–Kier alpha value is -4.44. The average molecular weight is 544 g/mol. The van der Waals surface area contributed by atoms with Crippen molar-refractivity contribution >= 4 is 32.8 Å². The molecule has 39 heavy (non-hydrogen) atoms. The molecule has 0 saturated carbocycles. The standard InChI is InChI=1S/C29H29N5O4S/c1-5-26-31-24-11-8-10-23(28(35)30-4)27(24)34(26)17-20-13-15-21(16-14-20)22-9-6-7-12-25(22)39(36,37)33-29-18(2)19(3)32-38-29/h6-16,33H,5,17H2,1-4H3,(H,30,35). The monoisotopic (exact) mass is 543 g/mol. The molecule has 0 aliphatic heterocycles.